The van der Waals surface area contributed by atoms with Gasteiger partial charge in [0.2, 0.25) is 0 Å². The van der Waals surface area contributed by atoms with Gasteiger partial charge in [0.25, 0.3) is 5.91 Å². The van der Waals surface area contributed by atoms with Crippen LogP contribution in [0.25, 0.3) is 0 Å². The molecule has 0 heterocycles. The number of anilines is 1. The van der Waals surface area contributed by atoms with Gasteiger partial charge in [0, 0.05) is 15.7 Å². The maximum atomic E-state index is 13.7. The zero-order chi connectivity index (χ0) is 17.7. The number of carbonyl (C=O) groups is 1. The summed E-state index contributed by atoms with van der Waals surface area (Å²) in [6.45, 7) is 2.79. The lowest BCUT2D eigenvalue weighted by atomic mass is 10.2. The van der Waals surface area contributed by atoms with Crippen LogP contribution < -0.4 is 15.0 Å². The fourth-order valence-electron chi connectivity index (χ4n) is 2.47. The van der Waals surface area contributed by atoms with Gasteiger partial charge in [-0.1, -0.05) is 15.9 Å². The number of amides is 1. The van der Waals surface area contributed by atoms with Crippen molar-refractivity contribution in [1.29, 1.82) is 0 Å². The summed E-state index contributed by atoms with van der Waals surface area (Å²) >= 11 is 3.40. The molecule has 24 heavy (non-hydrogen) atoms. The quantitative estimate of drug-likeness (QED) is 0.789. The minimum atomic E-state index is -0.391. The molecule has 0 bridgehead atoms. The van der Waals surface area contributed by atoms with Gasteiger partial charge in [0.05, 0.1) is 14.2 Å². The lowest BCUT2D eigenvalue weighted by Gasteiger charge is -2.15. The van der Waals surface area contributed by atoms with Crippen molar-refractivity contribution < 1.29 is 18.8 Å². The standard InChI is InChI=1S/C18H20BrFN2O2/c1-12-8-14(19)5-6-16(12)21-18(23)11-22(2)10-13-4-7-17(24-3)15(20)9-13/h4-9H,10-11H2,1-3H3,(H,21,23)/p+1. The second kappa shape index (κ2) is 8.26. The number of carbonyl (C=O) groups excluding carboxylic acids is 1. The molecule has 4 nitrogen and oxygen atoms in total. The number of benzene rings is 2. The molecule has 0 radical (unpaired) electrons. The van der Waals surface area contributed by atoms with Crippen LogP contribution in [0.5, 0.6) is 5.75 Å². The summed E-state index contributed by atoms with van der Waals surface area (Å²) in [5.41, 5.74) is 2.61. The molecule has 2 rings (SSSR count). The molecule has 2 aromatic carbocycles. The van der Waals surface area contributed by atoms with Crippen LogP contribution in [0.15, 0.2) is 40.9 Å². The van der Waals surface area contributed by atoms with Crippen LogP contribution in [0.2, 0.25) is 0 Å². The van der Waals surface area contributed by atoms with E-state index in [1.807, 2.05) is 38.2 Å². The molecule has 0 saturated carbocycles. The second-order valence-corrected chi connectivity index (χ2v) is 6.70. The third-order valence-electron chi connectivity index (χ3n) is 3.65. The molecule has 0 aliphatic carbocycles. The first-order chi connectivity index (χ1) is 11.4. The van der Waals surface area contributed by atoms with E-state index >= 15 is 0 Å². The number of hydrogen-bond donors (Lipinski definition) is 2. The van der Waals surface area contributed by atoms with E-state index in [2.05, 4.69) is 21.2 Å². The van der Waals surface area contributed by atoms with Crippen LogP contribution in [-0.2, 0) is 11.3 Å². The zero-order valence-electron chi connectivity index (χ0n) is 14.0. The molecule has 0 saturated heterocycles. The Morgan fingerprint density at radius 3 is 2.67 bits per heavy atom. The fourth-order valence-corrected chi connectivity index (χ4v) is 2.94. The number of ether oxygens (including phenoxy) is 1. The van der Waals surface area contributed by atoms with Crippen molar-refractivity contribution >= 4 is 27.5 Å². The smallest absolute Gasteiger partial charge is 0.279 e. The normalized spacial score (nSPS) is 11.9. The Bertz CT molecular complexity index is 737. The first-order valence-corrected chi connectivity index (χ1v) is 8.38. The van der Waals surface area contributed by atoms with Crippen LogP contribution in [0.1, 0.15) is 11.1 Å². The molecular weight excluding hydrogens is 375 g/mol. The molecule has 1 amide bonds. The molecule has 0 aliphatic heterocycles. The highest BCUT2D eigenvalue weighted by Crippen LogP contribution is 2.20. The van der Waals surface area contributed by atoms with Crippen molar-refractivity contribution in [2.45, 2.75) is 13.5 Å². The average Bonchev–Trinajstić information content (AvgIpc) is 2.50. The van der Waals surface area contributed by atoms with E-state index in [0.717, 1.165) is 26.2 Å². The third-order valence-corrected chi connectivity index (χ3v) is 4.14. The Morgan fingerprint density at radius 2 is 2.04 bits per heavy atom. The lowest BCUT2D eigenvalue weighted by Crippen LogP contribution is -3.08. The number of hydrogen-bond acceptors (Lipinski definition) is 2. The average molecular weight is 396 g/mol. The Labute approximate surface area is 149 Å². The van der Waals surface area contributed by atoms with Crippen molar-refractivity contribution in [1.82, 2.24) is 0 Å². The van der Waals surface area contributed by atoms with Crippen molar-refractivity contribution in [2.24, 2.45) is 0 Å². The highest BCUT2D eigenvalue weighted by Gasteiger charge is 2.13. The lowest BCUT2D eigenvalue weighted by molar-refractivity contribution is -0.885. The second-order valence-electron chi connectivity index (χ2n) is 5.79. The zero-order valence-corrected chi connectivity index (χ0v) is 15.5. The molecule has 0 aromatic heterocycles. The number of nitrogens with one attached hydrogen (secondary N) is 2. The maximum Gasteiger partial charge on any atom is 0.279 e. The number of rotatable bonds is 6. The van der Waals surface area contributed by atoms with Gasteiger partial charge in [0.15, 0.2) is 18.1 Å². The van der Waals surface area contributed by atoms with E-state index in [1.54, 1.807) is 6.07 Å². The SMILES string of the molecule is COc1ccc(C[NH+](C)CC(=O)Nc2ccc(Br)cc2C)cc1F. The molecule has 0 spiro atoms. The minimum absolute atomic E-state index is 0.0769. The van der Waals surface area contributed by atoms with Crippen molar-refractivity contribution in [3.63, 3.8) is 0 Å². The molecular formula is C18H21BrFN2O2+. The summed E-state index contributed by atoms with van der Waals surface area (Å²) in [6, 6.07) is 10.6. The van der Waals surface area contributed by atoms with Gasteiger partial charge < -0.3 is 15.0 Å². The number of methoxy groups -OCH3 is 1. The third kappa shape index (κ3) is 5.04. The van der Waals surface area contributed by atoms with Crippen LogP contribution in [0.4, 0.5) is 10.1 Å². The van der Waals surface area contributed by atoms with Gasteiger partial charge in [-0.15, -0.1) is 0 Å². The number of halogens is 2. The van der Waals surface area contributed by atoms with E-state index in [0.29, 0.717) is 13.1 Å². The summed E-state index contributed by atoms with van der Waals surface area (Å²) < 4.78 is 19.6. The summed E-state index contributed by atoms with van der Waals surface area (Å²) in [6.07, 6.45) is 0. The number of quaternary nitrogens is 1. The Hall–Kier alpha value is -1.92. The van der Waals surface area contributed by atoms with Crippen LogP contribution >= 0.6 is 15.9 Å². The Balaban J connectivity index is 1.92. The van der Waals surface area contributed by atoms with Gasteiger partial charge in [-0.05, 0) is 48.9 Å². The van der Waals surface area contributed by atoms with E-state index in [9.17, 15) is 9.18 Å². The van der Waals surface area contributed by atoms with Gasteiger partial charge in [-0.25, -0.2) is 4.39 Å². The van der Waals surface area contributed by atoms with E-state index < -0.39 is 5.82 Å². The predicted molar refractivity (Wildman–Crippen MR) is 95.9 cm³/mol. The molecule has 1 unspecified atom stereocenters. The highest BCUT2D eigenvalue weighted by molar-refractivity contribution is 9.10. The van der Waals surface area contributed by atoms with Crippen molar-refractivity contribution in [3.8, 4) is 5.75 Å². The van der Waals surface area contributed by atoms with Gasteiger partial charge in [0.1, 0.15) is 6.54 Å². The summed E-state index contributed by atoms with van der Waals surface area (Å²) in [5.74, 6) is -0.246. The molecule has 6 heteroatoms. The van der Waals surface area contributed by atoms with Gasteiger partial charge >= 0.3 is 0 Å². The summed E-state index contributed by atoms with van der Waals surface area (Å²) in [5, 5.41) is 2.91. The monoisotopic (exact) mass is 395 g/mol. The predicted octanol–water partition coefficient (Wildman–Crippen LogP) is 2.56. The van der Waals surface area contributed by atoms with Crippen LogP contribution in [-0.4, -0.2) is 26.6 Å². The highest BCUT2D eigenvalue weighted by atomic mass is 79.9. The summed E-state index contributed by atoms with van der Waals surface area (Å²) in [4.78, 5) is 13.1. The van der Waals surface area contributed by atoms with Gasteiger partial charge in [-0.3, -0.25) is 4.79 Å². The van der Waals surface area contributed by atoms with Crippen molar-refractivity contribution in [3.05, 3.63) is 57.8 Å². The first-order valence-electron chi connectivity index (χ1n) is 7.58. The first kappa shape index (κ1) is 18.4. The van der Waals surface area contributed by atoms with Crippen LogP contribution in [0, 0.1) is 12.7 Å². The van der Waals surface area contributed by atoms with E-state index in [1.165, 1.54) is 13.2 Å². The molecule has 2 N–H and O–H groups in total. The topological polar surface area (TPSA) is 42.8 Å². The fraction of sp³-hybridized carbons (Fsp3) is 0.278. The minimum Gasteiger partial charge on any atom is -0.494 e. The number of likely N-dealkylation sites (N-methyl/N-ethyl adjacent to an activating group) is 1. The number of aryl methyl sites for hydroxylation is 1. The molecule has 2 aromatic rings. The Morgan fingerprint density at radius 1 is 1.29 bits per heavy atom. The molecule has 128 valence electrons. The van der Waals surface area contributed by atoms with E-state index in [-0.39, 0.29) is 11.7 Å². The Kier molecular flexibility index (Phi) is 6.34. The maximum absolute atomic E-state index is 13.7. The van der Waals surface area contributed by atoms with E-state index in [4.69, 9.17) is 4.74 Å². The summed E-state index contributed by atoms with van der Waals surface area (Å²) in [7, 11) is 3.33. The van der Waals surface area contributed by atoms with Crippen molar-refractivity contribution in [2.75, 3.05) is 26.0 Å². The van der Waals surface area contributed by atoms with Crippen LogP contribution in [0.3, 0.4) is 0 Å². The molecule has 0 fully saturated rings. The molecule has 1 atom stereocenters. The largest absolute Gasteiger partial charge is 0.494 e. The van der Waals surface area contributed by atoms with Gasteiger partial charge in [-0.2, -0.15) is 0 Å². The molecule has 0 aliphatic rings.